The second-order valence-electron chi connectivity index (χ2n) is 7.36. The van der Waals surface area contributed by atoms with E-state index in [-0.39, 0.29) is 5.82 Å². The van der Waals surface area contributed by atoms with Crippen molar-refractivity contribution >= 4 is 0 Å². The van der Waals surface area contributed by atoms with E-state index >= 15 is 0 Å². The minimum absolute atomic E-state index is 0.163. The van der Waals surface area contributed by atoms with E-state index in [1.807, 2.05) is 24.5 Å². The molecule has 3 aromatic rings. The van der Waals surface area contributed by atoms with E-state index in [0.29, 0.717) is 5.82 Å². The van der Waals surface area contributed by atoms with Crippen LogP contribution in [-0.2, 0) is 12.8 Å². The molecule has 2 nitrogen and oxygen atoms in total. The molecule has 3 rings (SSSR count). The predicted molar refractivity (Wildman–Crippen MR) is 115 cm³/mol. The summed E-state index contributed by atoms with van der Waals surface area (Å²) in [5.41, 5.74) is 4.93. The number of nitrogens with zero attached hydrogens (tertiary/aromatic N) is 2. The van der Waals surface area contributed by atoms with Crippen LogP contribution in [0.25, 0.3) is 22.5 Å². The highest BCUT2D eigenvalue weighted by Gasteiger charge is 2.08. The van der Waals surface area contributed by atoms with Crippen molar-refractivity contribution in [3.05, 3.63) is 71.8 Å². The van der Waals surface area contributed by atoms with Gasteiger partial charge in [0.05, 0.1) is 0 Å². The number of benzene rings is 2. The summed E-state index contributed by atoms with van der Waals surface area (Å²) >= 11 is 0. The molecule has 0 aliphatic rings. The van der Waals surface area contributed by atoms with Gasteiger partial charge in [-0.15, -0.1) is 0 Å². The SMILES string of the molecule is CCCCCc1ccc(-c2ncc(-c3ccc(CCCC)cc3)cn2)cc1F. The van der Waals surface area contributed by atoms with Crippen molar-refractivity contribution in [3.63, 3.8) is 0 Å². The standard InChI is InChI=1S/C25H29FN2/c1-3-5-7-9-21-14-15-22(16-24(21)26)25-27-17-23(18-28-25)20-12-10-19(11-13-20)8-6-4-2/h10-18H,3-9H2,1-2H3. The van der Waals surface area contributed by atoms with Gasteiger partial charge in [-0.3, -0.25) is 0 Å². The van der Waals surface area contributed by atoms with Gasteiger partial charge in [0.1, 0.15) is 5.82 Å². The Balaban J connectivity index is 1.71. The first kappa shape index (κ1) is 20.2. The molecule has 0 bridgehead atoms. The largest absolute Gasteiger partial charge is 0.236 e. The minimum atomic E-state index is -0.163. The predicted octanol–water partition coefficient (Wildman–Crippen LogP) is 7.03. The molecule has 0 saturated carbocycles. The fraction of sp³-hybridized carbons (Fsp3) is 0.360. The highest BCUT2D eigenvalue weighted by molar-refractivity contribution is 5.64. The lowest BCUT2D eigenvalue weighted by atomic mass is 10.0. The van der Waals surface area contributed by atoms with Crippen molar-refractivity contribution in [2.45, 2.75) is 58.8 Å². The smallest absolute Gasteiger partial charge is 0.159 e. The number of unbranched alkanes of at least 4 members (excludes halogenated alkanes) is 3. The molecule has 0 atom stereocenters. The first-order valence-electron chi connectivity index (χ1n) is 10.4. The second-order valence-corrected chi connectivity index (χ2v) is 7.36. The van der Waals surface area contributed by atoms with E-state index in [2.05, 4.69) is 48.1 Å². The molecule has 1 heterocycles. The molecule has 0 N–H and O–H groups in total. The molecule has 0 radical (unpaired) electrons. The Kier molecular flexibility index (Phi) is 7.30. The van der Waals surface area contributed by atoms with Gasteiger partial charge in [0.15, 0.2) is 5.82 Å². The third-order valence-electron chi connectivity index (χ3n) is 5.12. The van der Waals surface area contributed by atoms with Crippen LogP contribution in [0.15, 0.2) is 54.9 Å². The molecule has 2 aromatic carbocycles. The third-order valence-corrected chi connectivity index (χ3v) is 5.12. The normalized spacial score (nSPS) is 11.0. The van der Waals surface area contributed by atoms with Crippen LogP contribution in [0.4, 0.5) is 4.39 Å². The Morgan fingerprint density at radius 1 is 0.714 bits per heavy atom. The lowest BCUT2D eigenvalue weighted by Gasteiger charge is -2.07. The number of hydrogen-bond acceptors (Lipinski definition) is 2. The Bertz CT molecular complexity index is 870. The number of rotatable bonds is 9. The average Bonchev–Trinajstić information content (AvgIpc) is 2.74. The summed E-state index contributed by atoms with van der Waals surface area (Å²) in [6, 6.07) is 13.9. The van der Waals surface area contributed by atoms with Crippen LogP contribution in [0.2, 0.25) is 0 Å². The first-order chi connectivity index (χ1) is 13.7. The molecule has 0 spiro atoms. The summed E-state index contributed by atoms with van der Waals surface area (Å²) < 4.78 is 14.4. The molecule has 0 amide bonds. The van der Waals surface area contributed by atoms with Crippen molar-refractivity contribution in [2.24, 2.45) is 0 Å². The summed E-state index contributed by atoms with van der Waals surface area (Å²) in [7, 11) is 0. The Morgan fingerprint density at radius 3 is 2.04 bits per heavy atom. The van der Waals surface area contributed by atoms with Gasteiger partial charge in [0.25, 0.3) is 0 Å². The number of halogens is 1. The van der Waals surface area contributed by atoms with Gasteiger partial charge in [-0.25, -0.2) is 14.4 Å². The number of aromatic nitrogens is 2. The molecule has 3 heteroatoms. The summed E-state index contributed by atoms with van der Waals surface area (Å²) in [5.74, 6) is 0.395. The Hall–Kier alpha value is -2.55. The quantitative estimate of drug-likeness (QED) is 0.375. The highest BCUT2D eigenvalue weighted by Crippen LogP contribution is 2.23. The van der Waals surface area contributed by atoms with E-state index in [9.17, 15) is 4.39 Å². The molecule has 146 valence electrons. The van der Waals surface area contributed by atoms with Crippen molar-refractivity contribution < 1.29 is 4.39 Å². The van der Waals surface area contributed by atoms with E-state index in [1.165, 1.54) is 18.4 Å². The third kappa shape index (κ3) is 5.25. The van der Waals surface area contributed by atoms with Gasteiger partial charge in [-0.2, -0.15) is 0 Å². The summed E-state index contributed by atoms with van der Waals surface area (Å²) in [5, 5.41) is 0. The summed E-state index contributed by atoms with van der Waals surface area (Å²) in [6.07, 6.45) is 11.2. The lowest BCUT2D eigenvalue weighted by Crippen LogP contribution is -1.95. The molecule has 1 aromatic heterocycles. The maximum absolute atomic E-state index is 14.4. The second kappa shape index (κ2) is 10.1. The van der Waals surface area contributed by atoms with Crippen LogP contribution < -0.4 is 0 Å². The van der Waals surface area contributed by atoms with E-state index < -0.39 is 0 Å². The molecule has 0 fully saturated rings. The monoisotopic (exact) mass is 376 g/mol. The van der Waals surface area contributed by atoms with Crippen LogP contribution in [0, 0.1) is 5.82 Å². The van der Waals surface area contributed by atoms with E-state index in [0.717, 1.165) is 54.4 Å². The van der Waals surface area contributed by atoms with Gasteiger partial charge in [-0.1, -0.05) is 69.5 Å². The van der Waals surface area contributed by atoms with Gasteiger partial charge in [0, 0.05) is 23.5 Å². The van der Waals surface area contributed by atoms with Crippen LogP contribution in [0.3, 0.4) is 0 Å². The molecule has 0 unspecified atom stereocenters. The molecule has 0 aliphatic heterocycles. The molecule has 0 aliphatic carbocycles. The zero-order chi connectivity index (χ0) is 19.8. The molecule has 28 heavy (non-hydrogen) atoms. The maximum atomic E-state index is 14.4. The van der Waals surface area contributed by atoms with Crippen LogP contribution in [0.1, 0.15) is 57.1 Å². The van der Waals surface area contributed by atoms with Gasteiger partial charge in [0.2, 0.25) is 0 Å². The lowest BCUT2D eigenvalue weighted by molar-refractivity contribution is 0.599. The summed E-state index contributed by atoms with van der Waals surface area (Å²) in [6.45, 7) is 4.36. The molecular weight excluding hydrogens is 347 g/mol. The van der Waals surface area contributed by atoms with Crippen LogP contribution >= 0.6 is 0 Å². The Morgan fingerprint density at radius 2 is 1.39 bits per heavy atom. The summed E-state index contributed by atoms with van der Waals surface area (Å²) in [4.78, 5) is 8.93. The van der Waals surface area contributed by atoms with Gasteiger partial charge >= 0.3 is 0 Å². The van der Waals surface area contributed by atoms with Gasteiger partial charge in [-0.05, 0) is 48.4 Å². The van der Waals surface area contributed by atoms with Gasteiger partial charge < -0.3 is 0 Å². The fourth-order valence-corrected chi connectivity index (χ4v) is 3.33. The maximum Gasteiger partial charge on any atom is 0.159 e. The average molecular weight is 377 g/mol. The molecular formula is C25H29FN2. The van der Waals surface area contributed by atoms with E-state index in [4.69, 9.17) is 0 Å². The van der Waals surface area contributed by atoms with Crippen LogP contribution in [-0.4, -0.2) is 9.97 Å². The number of hydrogen-bond donors (Lipinski definition) is 0. The topological polar surface area (TPSA) is 25.8 Å². The van der Waals surface area contributed by atoms with Crippen molar-refractivity contribution in [1.82, 2.24) is 9.97 Å². The zero-order valence-electron chi connectivity index (χ0n) is 16.9. The van der Waals surface area contributed by atoms with Crippen molar-refractivity contribution in [2.75, 3.05) is 0 Å². The molecule has 0 saturated heterocycles. The first-order valence-corrected chi connectivity index (χ1v) is 10.4. The van der Waals surface area contributed by atoms with E-state index in [1.54, 1.807) is 6.07 Å². The Labute approximate surface area is 167 Å². The van der Waals surface area contributed by atoms with Crippen molar-refractivity contribution in [1.29, 1.82) is 0 Å². The minimum Gasteiger partial charge on any atom is -0.236 e. The highest BCUT2D eigenvalue weighted by atomic mass is 19.1. The zero-order valence-corrected chi connectivity index (χ0v) is 16.9. The number of aryl methyl sites for hydroxylation is 2. The van der Waals surface area contributed by atoms with Crippen molar-refractivity contribution in [3.8, 4) is 22.5 Å². The van der Waals surface area contributed by atoms with Crippen LogP contribution in [0.5, 0.6) is 0 Å². The fourth-order valence-electron chi connectivity index (χ4n) is 3.33.